The Morgan fingerprint density at radius 1 is 1.35 bits per heavy atom. The number of hydrogen-bond acceptors (Lipinski definition) is 3. The van der Waals surface area contributed by atoms with E-state index in [1.165, 1.54) is 14.0 Å². The molecule has 1 atom stereocenters. The summed E-state index contributed by atoms with van der Waals surface area (Å²) < 4.78 is 8.16. The molecular formula is C15H17BrINOS. The van der Waals surface area contributed by atoms with Gasteiger partial charge in [-0.25, -0.2) is 0 Å². The highest BCUT2D eigenvalue weighted by Gasteiger charge is 2.19. The van der Waals surface area contributed by atoms with Crippen LogP contribution in [0.25, 0.3) is 0 Å². The van der Waals surface area contributed by atoms with Crippen LogP contribution in [0.3, 0.4) is 0 Å². The van der Waals surface area contributed by atoms with E-state index in [9.17, 15) is 0 Å². The average molecular weight is 466 g/mol. The van der Waals surface area contributed by atoms with Crippen molar-refractivity contribution >= 4 is 49.9 Å². The maximum atomic E-state index is 5.79. The van der Waals surface area contributed by atoms with E-state index in [1.807, 2.05) is 19.1 Å². The number of ether oxygens (including phenoxy) is 1. The number of thiophene rings is 1. The van der Waals surface area contributed by atoms with Crippen LogP contribution in [0, 0.1) is 2.88 Å². The van der Waals surface area contributed by atoms with Crippen molar-refractivity contribution in [1.82, 2.24) is 5.32 Å². The summed E-state index contributed by atoms with van der Waals surface area (Å²) in [7, 11) is 0. The van der Waals surface area contributed by atoms with Crippen LogP contribution in [0.1, 0.15) is 31.0 Å². The molecular weight excluding hydrogens is 449 g/mol. The molecule has 1 heterocycles. The zero-order chi connectivity index (χ0) is 14.5. The van der Waals surface area contributed by atoms with Crippen molar-refractivity contribution in [2.75, 3.05) is 13.2 Å². The van der Waals surface area contributed by atoms with Crippen LogP contribution in [0.15, 0.2) is 34.1 Å². The monoisotopic (exact) mass is 465 g/mol. The van der Waals surface area contributed by atoms with Gasteiger partial charge in [-0.15, -0.1) is 11.3 Å². The maximum absolute atomic E-state index is 5.79. The Balaban J connectivity index is 2.45. The lowest BCUT2D eigenvalue weighted by Crippen LogP contribution is -2.22. The first kappa shape index (κ1) is 16.3. The molecule has 2 aromatic rings. The van der Waals surface area contributed by atoms with Crippen molar-refractivity contribution in [3.8, 4) is 5.75 Å². The molecule has 108 valence electrons. The van der Waals surface area contributed by atoms with Gasteiger partial charge < -0.3 is 10.1 Å². The highest BCUT2D eigenvalue weighted by atomic mass is 127. The van der Waals surface area contributed by atoms with Crippen LogP contribution < -0.4 is 10.1 Å². The maximum Gasteiger partial charge on any atom is 0.124 e. The van der Waals surface area contributed by atoms with Crippen molar-refractivity contribution < 1.29 is 4.74 Å². The van der Waals surface area contributed by atoms with Crippen molar-refractivity contribution in [3.05, 3.63) is 48.1 Å². The smallest absolute Gasteiger partial charge is 0.124 e. The normalized spacial score (nSPS) is 12.4. The number of nitrogens with one attached hydrogen (secondary N) is 1. The van der Waals surface area contributed by atoms with Crippen molar-refractivity contribution in [3.63, 3.8) is 0 Å². The van der Waals surface area contributed by atoms with Gasteiger partial charge in [0.05, 0.1) is 15.5 Å². The summed E-state index contributed by atoms with van der Waals surface area (Å²) in [5, 5.41) is 5.77. The Morgan fingerprint density at radius 3 is 2.75 bits per heavy atom. The van der Waals surface area contributed by atoms with Gasteiger partial charge in [-0.3, -0.25) is 0 Å². The van der Waals surface area contributed by atoms with Gasteiger partial charge in [-0.05, 0) is 71.3 Å². The van der Waals surface area contributed by atoms with Crippen LogP contribution in [0.5, 0.6) is 5.75 Å². The van der Waals surface area contributed by atoms with Crippen molar-refractivity contribution in [2.24, 2.45) is 0 Å². The lowest BCUT2D eigenvalue weighted by Gasteiger charge is -2.21. The summed E-state index contributed by atoms with van der Waals surface area (Å²) in [6.45, 7) is 5.73. The summed E-state index contributed by atoms with van der Waals surface area (Å²) in [5.41, 5.74) is 2.47. The first-order valence-electron chi connectivity index (χ1n) is 6.55. The summed E-state index contributed by atoms with van der Waals surface area (Å²) in [5.74, 6) is 0.947. The molecule has 0 aliphatic rings. The van der Waals surface area contributed by atoms with E-state index < -0.39 is 0 Å². The van der Waals surface area contributed by atoms with E-state index >= 15 is 0 Å². The Bertz CT molecular complexity index is 573. The van der Waals surface area contributed by atoms with Crippen molar-refractivity contribution in [2.45, 2.75) is 19.9 Å². The fourth-order valence-corrected chi connectivity index (χ4v) is 3.89. The minimum Gasteiger partial charge on any atom is -0.494 e. The molecule has 0 fully saturated rings. The number of rotatable bonds is 6. The Kier molecular flexibility index (Phi) is 6.32. The molecule has 0 bridgehead atoms. The van der Waals surface area contributed by atoms with E-state index in [1.54, 1.807) is 11.3 Å². The lowest BCUT2D eigenvalue weighted by atomic mass is 10.0. The summed E-state index contributed by atoms with van der Waals surface area (Å²) >= 11 is 7.70. The van der Waals surface area contributed by atoms with Crippen LogP contribution in [-0.2, 0) is 0 Å². The summed E-state index contributed by atoms with van der Waals surface area (Å²) in [6, 6.07) is 8.59. The van der Waals surface area contributed by atoms with E-state index in [0.29, 0.717) is 6.61 Å². The number of benzene rings is 1. The Morgan fingerprint density at radius 2 is 2.15 bits per heavy atom. The van der Waals surface area contributed by atoms with Gasteiger partial charge in [0.2, 0.25) is 0 Å². The molecule has 20 heavy (non-hydrogen) atoms. The minimum absolute atomic E-state index is 0.166. The lowest BCUT2D eigenvalue weighted by molar-refractivity contribution is 0.333. The van der Waals surface area contributed by atoms with Crippen molar-refractivity contribution in [1.29, 1.82) is 0 Å². The molecule has 0 aliphatic carbocycles. The third kappa shape index (κ3) is 3.96. The van der Waals surface area contributed by atoms with Crippen LogP contribution >= 0.6 is 49.9 Å². The molecule has 2 rings (SSSR count). The van der Waals surface area contributed by atoms with Gasteiger partial charge in [-0.1, -0.05) is 22.9 Å². The first-order chi connectivity index (χ1) is 9.65. The van der Waals surface area contributed by atoms with Gasteiger partial charge >= 0.3 is 0 Å². The standard InChI is InChI=1S/C15H17BrINOS/c1-3-18-15(10-7-14(17)20-9-10)12-8-11(16)5-6-13(12)19-4-2/h5-9,15,18H,3-4H2,1-2H3. The molecule has 0 saturated carbocycles. The van der Waals surface area contributed by atoms with Gasteiger partial charge in [0.25, 0.3) is 0 Å². The van der Waals surface area contributed by atoms with Gasteiger partial charge in [0, 0.05) is 10.0 Å². The van der Waals surface area contributed by atoms with E-state index in [2.05, 4.69) is 68.3 Å². The molecule has 1 unspecified atom stereocenters. The van der Waals surface area contributed by atoms with E-state index in [-0.39, 0.29) is 6.04 Å². The SMILES string of the molecule is CCNC(c1csc(I)c1)c1cc(Br)ccc1OCC. The summed E-state index contributed by atoms with van der Waals surface area (Å²) in [4.78, 5) is 0. The highest BCUT2D eigenvalue weighted by Crippen LogP contribution is 2.34. The Hall–Kier alpha value is -0.110. The predicted octanol–water partition coefficient (Wildman–Crippen LogP) is 5.21. The second kappa shape index (κ2) is 7.77. The van der Waals surface area contributed by atoms with Gasteiger partial charge in [-0.2, -0.15) is 0 Å². The molecule has 2 nitrogen and oxygen atoms in total. The first-order valence-corrected chi connectivity index (χ1v) is 9.30. The molecule has 0 saturated heterocycles. The molecule has 1 N–H and O–H groups in total. The van der Waals surface area contributed by atoms with Gasteiger partial charge in [0.15, 0.2) is 0 Å². The number of halogens is 2. The zero-order valence-corrected chi connectivity index (χ0v) is 16.0. The van der Waals surface area contributed by atoms with Gasteiger partial charge in [0.1, 0.15) is 5.75 Å². The predicted molar refractivity (Wildman–Crippen MR) is 97.9 cm³/mol. The molecule has 0 spiro atoms. The topological polar surface area (TPSA) is 21.3 Å². The molecule has 5 heteroatoms. The quantitative estimate of drug-likeness (QED) is 0.591. The molecule has 0 radical (unpaired) electrons. The molecule has 1 aromatic carbocycles. The third-order valence-electron chi connectivity index (χ3n) is 2.91. The Labute approximate surface area is 146 Å². The molecule has 1 aromatic heterocycles. The van der Waals surface area contributed by atoms with Crippen LogP contribution in [0.2, 0.25) is 0 Å². The zero-order valence-electron chi connectivity index (χ0n) is 11.5. The number of hydrogen-bond donors (Lipinski definition) is 1. The highest BCUT2D eigenvalue weighted by molar-refractivity contribution is 14.1. The largest absolute Gasteiger partial charge is 0.494 e. The fourth-order valence-electron chi connectivity index (χ4n) is 2.12. The second-order valence-electron chi connectivity index (χ2n) is 4.29. The summed E-state index contributed by atoms with van der Waals surface area (Å²) in [6.07, 6.45) is 0. The van der Waals surface area contributed by atoms with E-state index in [0.717, 1.165) is 16.8 Å². The third-order valence-corrected chi connectivity index (χ3v) is 5.21. The van der Waals surface area contributed by atoms with Crippen LogP contribution in [0.4, 0.5) is 0 Å². The minimum atomic E-state index is 0.166. The van der Waals surface area contributed by atoms with E-state index in [4.69, 9.17) is 4.74 Å². The fraction of sp³-hybridized carbons (Fsp3) is 0.333. The average Bonchev–Trinajstić information content (AvgIpc) is 2.85. The molecule has 0 amide bonds. The molecule has 0 aliphatic heterocycles. The second-order valence-corrected chi connectivity index (χ2v) is 8.01. The van der Waals surface area contributed by atoms with Crippen LogP contribution in [-0.4, -0.2) is 13.2 Å².